The van der Waals surface area contributed by atoms with Gasteiger partial charge in [0.1, 0.15) is 0 Å². The molecule has 6 nitrogen and oxygen atoms in total. The summed E-state index contributed by atoms with van der Waals surface area (Å²) < 4.78 is 16.9. The summed E-state index contributed by atoms with van der Waals surface area (Å²) in [5.74, 6) is 1.21. The van der Waals surface area contributed by atoms with E-state index in [2.05, 4.69) is 17.6 Å². The Kier molecular flexibility index (Phi) is 8.76. The van der Waals surface area contributed by atoms with Gasteiger partial charge in [-0.25, -0.2) is 4.79 Å². The van der Waals surface area contributed by atoms with E-state index in [1.165, 1.54) is 0 Å². The van der Waals surface area contributed by atoms with Crippen LogP contribution >= 0.6 is 12.2 Å². The molecule has 2 N–H and O–H groups in total. The molecule has 160 valence electrons. The Morgan fingerprint density at radius 2 is 2.00 bits per heavy atom. The predicted octanol–water partition coefficient (Wildman–Crippen LogP) is 4.26. The van der Waals surface area contributed by atoms with Crippen LogP contribution in [0, 0.1) is 5.92 Å². The maximum absolute atomic E-state index is 12.8. The van der Waals surface area contributed by atoms with Crippen LogP contribution < -0.4 is 20.1 Å². The molecule has 0 bridgehead atoms. The molecule has 2 rings (SSSR count). The number of methoxy groups -OCH3 is 1. The zero-order valence-electron chi connectivity index (χ0n) is 18.0. The Labute approximate surface area is 179 Å². The second-order valence-electron chi connectivity index (χ2n) is 7.53. The molecular formula is C22H32N2O4S. The standard InChI is InChI=1S/C22H32N2O4S/c1-6-7-8-11-27-17-10-9-16(12-18(17)26-5)20-19(15(4)23-22(29)24-20)21(25)28-13-14(2)3/h9-10,12,14,20H,6-8,11,13H2,1-5H3,(H2,23,24,29)/t20-/m1/s1. The highest BCUT2D eigenvalue weighted by Gasteiger charge is 2.31. The van der Waals surface area contributed by atoms with Crippen molar-refractivity contribution in [2.75, 3.05) is 20.3 Å². The highest BCUT2D eigenvalue weighted by molar-refractivity contribution is 7.80. The summed E-state index contributed by atoms with van der Waals surface area (Å²) in [5, 5.41) is 6.66. The summed E-state index contributed by atoms with van der Waals surface area (Å²) >= 11 is 5.31. The van der Waals surface area contributed by atoms with E-state index >= 15 is 0 Å². The van der Waals surface area contributed by atoms with Crippen LogP contribution in [0.5, 0.6) is 11.5 Å². The number of carbonyl (C=O) groups is 1. The van der Waals surface area contributed by atoms with E-state index in [-0.39, 0.29) is 11.9 Å². The number of ether oxygens (including phenoxy) is 3. The number of rotatable bonds is 10. The van der Waals surface area contributed by atoms with Crippen LogP contribution in [-0.4, -0.2) is 31.4 Å². The third-order valence-electron chi connectivity index (χ3n) is 4.56. The van der Waals surface area contributed by atoms with Gasteiger partial charge in [-0.1, -0.05) is 39.7 Å². The highest BCUT2D eigenvalue weighted by Crippen LogP contribution is 2.34. The number of hydrogen-bond acceptors (Lipinski definition) is 5. The third kappa shape index (κ3) is 6.35. The van der Waals surface area contributed by atoms with E-state index < -0.39 is 6.04 Å². The van der Waals surface area contributed by atoms with Crippen molar-refractivity contribution < 1.29 is 19.0 Å². The van der Waals surface area contributed by atoms with Crippen molar-refractivity contribution in [2.24, 2.45) is 5.92 Å². The molecule has 1 heterocycles. The number of unbranched alkanes of at least 4 members (excludes halogenated alkanes) is 2. The number of nitrogens with one attached hydrogen (secondary N) is 2. The number of allylic oxidation sites excluding steroid dienone is 1. The molecule has 0 radical (unpaired) electrons. The normalized spacial score (nSPS) is 16.3. The Hall–Kier alpha value is -2.28. The quantitative estimate of drug-likeness (QED) is 0.333. The maximum atomic E-state index is 12.8. The lowest BCUT2D eigenvalue weighted by Gasteiger charge is -2.30. The Bertz CT molecular complexity index is 761. The van der Waals surface area contributed by atoms with Crippen molar-refractivity contribution in [1.82, 2.24) is 10.6 Å². The van der Waals surface area contributed by atoms with Gasteiger partial charge in [0.2, 0.25) is 0 Å². The van der Waals surface area contributed by atoms with Gasteiger partial charge >= 0.3 is 5.97 Å². The number of carbonyl (C=O) groups excluding carboxylic acids is 1. The molecule has 0 aliphatic carbocycles. The SMILES string of the molecule is CCCCCOc1ccc([C@H]2NC(=S)NC(C)=C2C(=O)OCC(C)C)cc1OC. The molecule has 1 aliphatic rings. The van der Waals surface area contributed by atoms with Crippen LogP contribution in [0.15, 0.2) is 29.5 Å². The molecule has 0 fully saturated rings. The Morgan fingerprint density at radius 3 is 2.66 bits per heavy atom. The fraction of sp³-hybridized carbons (Fsp3) is 0.545. The van der Waals surface area contributed by atoms with Gasteiger partial charge in [0, 0.05) is 5.70 Å². The average Bonchev–Trinajstić information content (AvgIpc) is 2.68. The molecule has 1 aliphatic heterocycles. The fourth-order valence-corrected chi connectivity index (χ4v) is 3.32. The molecule has 29 heavy (non-hydrogen) atoms. The lowest BCUT2D eigenvalue weighted by atomic mass is 9.95. The van der Waals surface area contributed by atoms with Gasteiger partial charge in [-0.15, -0.1) is 0 Å². The molecule has 1 aromatic carbocycles. The van der Waals surface area contributed by atoms with E-state index in [0.29, 0.717) is 41.1 Å². The summed E-state index contributed by atoms with van der Waals surface area (Å²) in [4.78, 5) is 12.8. The first-order valence-electron chi connectivity index (χ1n) is 10.1. The largest absolute Gasteiger partial charge is 0.493 e. The molecule has 1 aromatic rings. The van der Waals surface area contributed by atoms with Gasteiger partial charge in [-0.05, 0) is 49.2 Å². The zero-order valence-corrected chi connectivity index (χ0v) is 18.8. The lowest BCUT2D eigenvalue weighted by molar-refractivity contribution is -0.140. The Morgan fingerprint density at radius 1 is 1.24 bits per heavy atom. The minimum absolute atomic E-state index is 0.258. The number of benzene rings is 1. The van der Waals surface area contributed by atoms with Gasteiger partial charge in [-0.3, -0.25) is 0 Å². The first kappa shape index (κ1) is 23.0. The van der Waals surface area contributed by atoms with Crippen molar-refractivity contribution in [3.63, 3.8) is 0 Å². The van der Waals surface area contributed by atoms with Gasteiger partial charge < -0.3 is 24.8 Å². The van der Waals surface area contributed by atoms with Gasteiger partial charge in [0.05, 0.1) is 31.9 Å². The van der Waals surface area contributed by atoms with Crippen molar-refractivity contribution in [3.8, 4) is 11.5 Å². The predicted molar refractivity (Wildman–Crippen MR) is 118 cm³/mol. The smallest absolute Gasteiger partial charge is 0.338 e. The van der Waals surface area contributed by atoms with Crippen LogP contribution in [-0.2, 0) is 9.53 Å². The molecular weight excluding hydrogens is 388 g/mol. The average molecular weight is 421 g/mol. The third-order valence-corrected chi connectivity index (χ3v) is 4.78. The minimum Gasteiger partial charge on any atom is -0.493 e. The van der Waals surface area contributed by atoms with E-state index in [4.69, 9.17) is 26.4 Å². The molecule has 0 unspecified atom stereocenters. The van der Waals surface area contributed by atoms with Gasteiger partial charge in [-0.2, -0.15) is 0 Å². The molecule has 0 spiro atoms. The summed E-state index contributed by atoms with van der Waals surface area (Å²) in [6, 6.07) is 5.25. The summed E-state index contributed by atoms with van der Waals surface area (Å²) in [6.45, 7) is 9.00. The van der Waals surface area contributed by atoms with Crippen molar-refractivity contribution in [1.29, 1.82) is 0 Å². The summed E-state index contributed by atoms with van der Waals surface area (Å²) in [6.07, 6.45) is 3.27. The first-order chi connectivity index (χ1) is 13.9. The zero-order chi connectivity index (χ0) is 21.4. The highest BCUT2D eigenvalue weighted by atomic mass is 32.1. The molecule has 0 saturated heterocycles. The minimum atomic E-state index is -0.425. The monoisotopic (exact) mass is 420 g/mol. The number of hydrogen-bond donors (Lipinski definition) is 2. The first-order valence-corrected chi connectivity index (χ1v) is 10.5. The molecule has 0 aromatic heterocycles. The van der Waals surface area contributed by atoms with E-state index in [0.717, 1.165) is 24.8 Å². The van der Waals surface area contributed by atoms with Crippen molar-refractivity contribution in [3.05, 3.63) is 35.0 Å². The molecule has 7 heteroatoms. The van der Waals surface area contributed by atoms with E-state index in [9.17, 15) is 4.79 Å². The summed E-state index contributed by atoms with van der Waals surface area (Å²) in [7, 11) is 1.61. The van der Waals surface area contributed by atoms with E-state index in [1.54, 1.807) is 7.11 Å². The Balaban J connectivity index is 2.27. The van der Waals surface area contributed by atoms with Crippen LogP contribution in [0.1, 0.15) is 58.6 Å². The topological polar surface area (TPSA) is 68.8 Å². The maximum Gasteiger partial charge on any atom is 0.338 e. The molecule has 0 amide bonds. The van der Waals surface area contributed by atoms with Crippen LogP contribution in [0.2, 0.25) is 0 Å². The second kappa shape index (κ2) is 11.0. The van der Waals surface area contributed by atoms with E-state index in [1.807, 2.05) is 39.0 Å². The van der Waals surface area contributed by atoms with Gasteiger partial charge in [0.15, 0.2) is 16.6 Å². The van der Waals surface area contributed by atoms with Crippen LogP contribution in [0.3, 0.4) is 0 Å². The second-order valence-corrected chi connectivity index (χ2v) is 7.94. The van der Waals surface area contributed by atoms with Crippen LogP contribution in [0.4, 0.5) is 0 Å². The number of thiocarbonyl (C=S) groups is 1. The lowest BCUT2D eigenvalue weighted by Crippen LogP contribution is -2.45. The number of esters is 1. The van der Waals surface area contributed by atoms with Crippen molar-refractivity contribution in [2.45, 2.75) is 53.0 Å². The van der Waals surface area contributed by atoms with Crippen LogP contribution in [0.25, 0.3) is 0 Å². The molecule has 0 saturated carbocycles. The van der Waals surface area contributed by atoms with Gasteiger partial charge in [0.25, 0.3) is 0 Å². The summed E-state index contributed by atoms with van der Waals surface area (Å²) in [5.41, 5.74) is 2.05. The fourth-order valence-electron chi connectivity index (χ4n) is 3.05. The van der Waals surface area contributed by atoms with Crippen molar-refractivity contribution >= 4 is 23.3 Å². The molecule has 1 atom stereocenters.